The lowest BCUT2D eigenvalue weighted by Gasteiger charge is -2.24. The second kappa shape index (κ2) is 7.22. The molecule has 92 valence electrons. The Kier molecular flexibility index (Phi) is 5.85. The van der Waals surface area contributed by atoms with Crippen LogP contribution in [0.25, 0.3) is 0 Å². The summed E-state index contributed by atoms with van der Waals surface area (Å²) in [4.78, 5) is 27.5. The van der Waals surface area contributed by atoms with Crippen LogP contribution in [0.2, 0.25) is 0 Å². The number of piperidine rings is 1. The molecule has 0 saturated carbocycles. The largest absolute Gasteiger partial charge is 0.466 e. The molecular weight excluding hydrogens is 210 g/mol. The predicted octanol–water partition coefficient (Wildman–Crippen LogP) is 1.27. The maximum Gasteiger partial charge on any atom is 0.325 e. The highest BCUT2D eigenvalue weighted by Gasteiger charge is 2.16. The monoisotopic (exact) mass is 229 g/mol. The Labute approximate surface area is 95.6 Å². The Morgan fingerprint density at radius 1 is 1.06 bits per heavy atom. The SMILES string of the molecule is CCOC(=O)CCC(=O)ON1CCCCC1. The van der Waals surface area contributed by atoms with Gasteiger partial charge in [-0.25, -0.2) is 0 Å². The van der Waals surface area contributed by atoms with E-state index in [4.69, 9.17) is 9.57 Å². The normalized spacial score (nSPS) is 16.8. The van der Waals surface area contributed by atoms with Gasteiger partial charge in [0.05, 0.1) is 19.4 Å². The topological polar surface area (TPSA) is 55.8 Å². The zero-order chi connectivity index (χ0) is 11.8. The molecule has 0 atom stereocenters. The third-order valence-corrected chi connectivity index (χ3v) is 2.38. The summed E-state index contributed by atoms with van der Waals surface area (Å²) in [7, 11) is 0. The molecule has 0 amide bonds. The Bertz CT molecular complexity index is 236. The van der Waals surface area contributed by atoms with Gasteiger partial charge in [0.15, 0.2) is 0 Å². The number of hydroxylamine groups is 2. The van der Waals surface area contributed by atoms with E-state index in [1.165, 1.54) is 6.42 Å². The third-order valence-electron chi connectivity index (χ3n) is 2.38. The van der Waals surface area contributed by atoms with Crippen LogP contribution < -0.4 is 0 Å². The summed E-state index contributed by atoms with van der Waals surface area (Å²) in [5.74, 6) is -0.701. The molecular formula is C11H19NO4. The number of carbonyl (C=O) groups excluding carboxylic acids is 2. The molecule has 5 nitrogen and oxygen atoms in total. The number of nitrogens with zero attached hydrogens (tertiary/aromatic N) is 1. The number of esters is 1. The molecule has 1 heterocycles. The van der Waals surface area contributed by atoms with Crippen molar-refractivity contribution in [2.24, 2.45) is 0 Å². The fourth-order valence-electron chi connectivity index (χ4n) is 1.58. The quantitative estimate of drug-likeness (QED) is 0.664. The van der Waals surface area contributed by atoms with Crippen molar-refractivity contribution in [3.63, 3.8) is 0 Å². The maximum absolute atomic E-state index is 11.3. The van der Waals surface area contributed by atoms with E-state index in [1.807, 2.05) is 0 Å². The van der Waals surface area contributed by atoms with Gasteiger partial charge in [0.25, 0.3) is 0 Å². The first-order valence-corrected chi connectivity index (χ1v) is 5.83. The van der Waals surface area contributed by atoms with Crippen LogP contribution in [0, 0.1) is 0 Å². The van der Waals surface area contributed by atoms with Crippen LogP contribution in [0.3, 0.4) is 0 Å². The minimum atomic E-state index is -0.352. The van der Waals surface area contributed by atoms with Gasteiger partial charge < -0.3 is 9.57 Å². The second-order valence-corrected chi connectivity index (χ2v) is 3.76. The highest BCUT2D eigenvalue weighted by Crippen LogP contribution is 2.09. The molecule has 0 aromatic carbocycles. The Balaban J connectivity index is 2.12. The zero-order valence-electron chi connectivity index (χ0n) is 9.74. The number of hydrogen-bond acceptors (Lipinski definition) is 5. The van der Waals surface area contributed by atoms with E-state index < -0.39 is 0 Å². The average molecular weight is 229 g/mol. The van der Waals surface area contributed by atoms with Crippen molar-refractivity contribution in [1.82, 2.24) is 5.06 Å². The number of carbonyl (C=O) groups is 2. The van der Waals surface area contributed by atoms with Gasteiger partial charge in [0.2, 0.25) is 0 Å². The van der Waals surface area contributed by atoms with Gasteiger partial charge in [-0.1, -0.05) is 6.42 Å². The summed E-state index contributed by atoms with van der Waals surface area (Å²) < 4.78 is 4.72. The Hall–Kier alpha value is -1.10. The van der Waals surface area contributed by atoms with Gasteiger partial charge >= 0.3 is 11.9 Å². The summed E-state index contributed by atoms with van der Waals surface area (Å²) >= 11 is 0. The van der Waals surface area contributed by atoms with Crippen molar-refractivity contribution in [3.8, 4) is 0 Å². The molecule has 1 aliphatic heterocycles. The molecule has 1 aliphatic rings. The first-order valence-electron chi connectivity index (χ1n) is 5.83. The summed E-state index contributed by atoms with van der Waals surface area (Å²) in [5, 5.41) is 1.68. The van der Waals surface area contributed by atoms with E-state index in [2.05, 4.69) is 0 Å². The van der Waals surface area contributed by atoms with Gasteiger partial charge in [0.1, 0.15) is 0 Å². The minimum absolute atomic E-state index is 0.0926. The van der Waals surface area contributed by atoms with Gasteiger partial charge in [-0.2, -0.15) is 0 Å². The summed E-state index contributed by atoms with van der Waals surface area (Å²) in [6, 6.07) is 0. The van der Waals surface area contributed by atoms with Crippen molar-refractivity contribution in [3.05, 3.63) is 0 Å². The molecule has 0 spiro atoms. The first-order chi connectivity index (χ1) is 7.72. The van der Waals surface area contributed by atoms with E-state index in [0.29, 0.717) is 6.61 Å². The van der Waals surface area contributed by atoms with E-state index in [1.54, 1.807) is 12.0 Å². The fourth-order valence-corrected chi connectivity index (χ4v) is 1.58. The summed E-state index contributed by atoms with van der Waals surface area (Å²) in [5.41, 5.74) is 0. The van der Waals surface area contributed by atoms with Gasteiger partial charge in [-0.3, -0.25) is 9.59 Å². The predicted molar refractivity (Wildman–Crippen MR) is 57.4 cm³/mol. The van der Waals surface area contributed by atoms with Crippen LogP contribution in [0.15, 0.2) is 0 Å². The number of rotatable bonds is 5. The molecule has 0 aromatic rings. The molecule has 1 rings (SSSR count). The van der Waals surface area contributed by atoms with Crippen molar-refractivity contribution in [1.29, 1.82) is 0 Å². The lowest BCUT2D eigenvalue weighted by molar-refractivity contribution is -0.195. The van der Waals surface area contributed by atoms with E-state index >= 15 is 0 Å². The number of hydrogen-bond donors (Lipinski definition) is 0. The Morgan fingerprint density at radius 2 is 1.69 bits per heavy atom. The Morgan fingerprint density at radius 3 is 2.31 bits per heavy atom. The maximum atomic E-state index is 11.3. The van der Waals surface area contributed by atoms with Gasteiger partial charge in [0, 0.05) is 13.1 Å². The minimum Gasteiger partial charge on any atom is -0.466 e. The number of ether oxygens (including phenoxy) is 1. The summed E-state index contributed by atoms with van der Waals surface area (Å²) in [6.45, 7) is 3.68. The van der Waals surface area contributed by atoms with Crippen molar-refractivity contribution < 1.29 is 19.2 Å². The molecule has 0 radical (unpaired) electrons. The second-order valence-electron chi connectivity index (χ2n) is 3.76. The van der Waals surface area contributed by atoms with Crippen molar-refractivity contribution >= 4 is 11.9 Å². The van der Waals surface area contributed by atoms with E-state index in [-0.39, 0.29) is 24.8 Å². The van der Waals surface area contributed by atoms with Crippen LogP contribution in [0.4, 0.5) is 0 Å². The molecule has 0 aromatic heterocycles. The van der Waals surface area contributed by atoms with Crippen LogP contribution in [-0.2, 0) is 19.2 Å². The molecule has 0 bridgehead atoms. The first kappa shape index (κ1) is 13.0. The van der Waals surface area contributed by atoms with E-state index in [9.17, 15) is 9.59 Å². The van der Waals surface area contributed by atoms with Crippen LogP contribution in [0.5, 0.6) is 0 Å². The summed E-state index contributed by atoms with van der Waals surface area (Å²) in [6.07, 6.45) is 3.50. The average Bonchev–Trinajstić information content (AvgIpc) is 2.28. The highest BCUT2D eigenvalue weighted by molar-refractivity contribution is 5.77. The van der Waals surface area contributed by atoms with Crippen molar-refractivity contribution in [2.45, 2.75) is 39.0 Å². The molecule has 0 unspecified atom stereocenters. The standard InChI is InChI=1S/C11H19NO4/c1-2-15-10(13)6-7-11(14)16-12-8-4-3-5-9-12/h2-9H2,1H3. The molecule has 0 aliphatic carbocycles. The smallest absolute Gasteiger partial charge is 0.325 e. The lowest BCUT2D eigenvalue weighted by atomic mass is 10.2. The zero-order valence-corrected chi connectivity index (χ0v) is 9.74. The van der Waals surface area contributed by atoms with Crippen LogP contribution in [-0.4, -0.2) is 36.7 Å². The molecule has 16 heavy (non-hydrogen) atoms. The fraction of sp³-hybridized carbons (Fsp3) is 0.818. The molecule has 1 fully saturated rings. The van der Waals surface area contributed by atoms with E-state index in [0.717, 1.165) is 25.9 Å². The molecule has 0 N–H and O–H groups in total. The lowest BCUT2D eigenvalue weighted by Crippen LogP contribution is -2.32. The van der Waals surface area contributed by atoms with Crippen LogP contribution in [0.1, 0.15) is 39.0 Å². The van der Waals surface area contributed by atoms with Crippen molar-refractivity contribution in [2.75, 3.05) is 19.7 Å². The van der Waals surface area contributed by atoms with Crippen LogP contribution >= 0.6 is 0 Å². The van der Waals surface area contributed by atoms with Gasteiger partial charge in [-0.15, -0.1) is 5.06 Å². The van der Waals surface area contributed by atoms with Gasteiger partial charge in [-0.05, 0) is 19.8 Å². The molecule has 5 heteroatoms. The molecule has 1 saturated heterocycles. The third kappa shape index (κ3) is 5.11. The highest BCUT2D eigenvalue weighted by atomic mass is 16.7.